The fraction of sp³-hybridized carbons (Fsp3) is 0.381. The molecule has 1 heterocycles. The normalized spacial score (nSPS) is 14.9. The van der Waals surface area contributed by atoms with Crippen molar-refractivity contribution in [2.45, 2.75) is 11.8 Å². The Morgan fingerprint density at radius 2 is 1.59 bits per heavy atom. The van der Waals surface area contributed by atoms with Gasteiger partial charge in [-0.3, -0.25) is 4.79 Å². The first-order valence-corrected chi connectivity index (χ1v) is 10.9. The van der Waals surface area contributed by atoms with Crippen molar-refractivity contribution in [3.8, 4) is 5.75 Å². The number of carbonyl (C=O) groups excluding carboxylic acids is 1. The molecule has 1 aliphatic heterocycles. The topological polar surface area (TPSA) is 70.2 Å². The Balaban J connectivity index is 1.56. The van der Waals surface area contributed by atoms with E-state index >= 15 is 0 Å². The maximum Gasteiger partial charge on any atom is 0.243 e. The van der Waals surface area contributed by atoms with E-state index in [0.29, 0.717) is 26.2 Å². The van der Waals surface area contributed by atoms with Gasteiger partial charge in [-0.15, -0.1) is 0 Å². The fourth-order valence-corrected chi connectivity index (χ4v) is 4.39. The fourth-order valence-electron chi connectivity index (χ4n) is 3.27. The van der Waals surface area contributed by atoms with Gasteiger partial charge < -0.3 is 14.5 Å². The van der Waals surface area contributed by atoms with Crippen LogP contribution in [0.4, 0.5) is 5.69 Å². The molecule has 1 aliphatic rings. The quantitative estimate of drug-likeness (QED) is 0.719. The van der Waals surface area contributed by atoms with E-state index in [1.54, 1.807) is 36.3 Å². The first-order chi connectivity index (χ1) is 13.8. The van der Waals surface area contributed by atoms with Crippen LogP contribution < -0.4 is 9.64 Å². The van der Waals surface area contributed by atoms with Gasteiger partial charge in [-0.05, 0) is 43.3 Å². The van der Waals surface area contributed by atoms with E-state index in [2.05, 4.69) is 4.90 Å². The largest absolute Gasteiger partial charge is 0.497 e. The van der Waals surface area contributed by atoms with Crippen LogP contribution in [0.25, 0.3) is 0 Å². The van der Waals surface area contributed by atoms with Crippen molar-refractivity contribution in [1.82, 2.24) is 9.21 Å². The lowest BCUT2D eigenvalue weighted by Crippen LogP contribution is -2.51. The van der Waals surface area contributed by atoms with Crippen molar-refractivity contribution >= 4 is 21.6 Å². The van der Waals surface area contributed by atoms with Crippen LogP contribution in [0, 0.1) is 6.92 Å². The number of hydrogen-bond acceptors (Lipinski definition) is 5. The summed E-state index contributed by atoms with van der Waals surface area (Å²) >= 11 is 0. The third kappa shape index (κ3) is 4.89. The van der Waals surface area contributed by atoms with Crippen LogP contribution in [0.1, 0.15) is 5.56 Å². The number of aryl methyl sites for hydroxylation is 1. The Hall–Kier alpha value is -2.58. The summed E-state index contributed by atoms with van der Waals surface area (Å²) in [5, 5.41) is 0. The van der Waals surface area contributed by atoms with Crippen LogP contribution in [0.15, 0.2) is 53.4 Å². The van der Waals surface area contributed by atoms with Crippen molar-refractivity contribution in [3.05, 3.63) is 54.1 Å². The molecule has 1 saturated heterocycles. The van der Waals surface area contributed by atoms with Gasteiger partial charge in [0, 0.05) is 38.9 Å². The Morgan fingerprint density at radius 3 is 2.14 bits per heavy atom. The third-order valence-corrected chi connectivity index (χ3v) is 6.97. The monoisotopic (exact) mass is 417 g/mol. The Morgan fingerprint density at radius 1 is 1.00 bits per heavy atom. The highest BCUT2D eigenvalue weighted by Crippen LogP contribution is 2.21. The molecule has 0 aliphatic carbocycles. The van der Waals surface area contributed by atoms with Gasteiger partial charge in [0.2, 0.25) is 15.9 Å². The van der Waals surface area contributed by atoms with E-state index < -0.39 is 10.0 Å². The number of sulfonamides is 1. The summed E-state index contributed by atoms with van der Waals surface area (Å²) in [7, 11) is -0.607. The highest BCUT2D eigenvalue weighted by atomic mass is 32.2. The van der Waals surface area contributed by atoms with Crippen molar-refractivity contribution in [3.63, 3.8) is 0 Å². The number of amides is 1. The van der Waals surface area contributed by atoms with Crippen LogP contribution in [0.2, 0.25) is 0 Å². The summed E-state index contributed by atoms with van der Waals surface area (Å²) in [6, 6.07) is 14.5. The second-order valence-corrected chi connectivity index (χ2v) is 9.18. The van der Waals surface area contributed by atoms with E-state index in [1.807, 2.05) is 31.2 Å². The first-order valence-electron chi connectivity index (χ1n) is 9.51. The van der Waals surface area contributed by atoms with E-state index in [-0.39, 0.29) is 17.3 Å². The number of ether oxygens (including phenoxy) is 1. The van der Waals surface area contributed by atoms with Crippen LogP contribution >= 0.6 is 0 Å². The minimum atomic E-state index is -3.69. The van der Waals surface area contributed by atoms with Gasteiger partial charge in [-0.2, -0.15) is 4.31 Å². The SMILES string of the molecule is COc1ccc(N2CCN(C(=O)CN(C)S(=O)(=O)c3ccc(C)cc3)CC2)cc1. The number of benzene rings is 2. The molecule has 7 nitrogen and oxygen atoms in total. The zero-order chi connectivity index (χ0) is 21.0. The highest BCUT2D eigenvalue weighted by molar-refractivity contribution is 7.89. The predicted octanol–water partition coefficient (Wildman–Crippen LogP) is 1.97. The Bertz CT molecular complexity index is 935. The smallest absolute Gasteiger partial charge is 0.243 e. The van der Waals surface area contributed by atoms with Gasteiger partial charge in [-0.1, -0.05) is 17.7 Å². The average molecular weight is 418 g/mol. The van der Waals surface area contributed by atoms with Crippen molar-refractivity contribution < 1.29 is 17.9 Å². The maximum absolute atomic E-state index is 12.7. The van der Waals surface area contributed by atoms with E-state index in [4.69, 9.17) is 4.74 Å². The summed E-state index contributed by atoms with van der Waals surface area (Å²) in [4.78, 5) is 16.8. The second kappa shape index (κ2) is 8.84. The third-order valence-electron chi connectivity index (χ3n) is 5.16. The van der Waals surface area contributed by atoms with E-state index in [1.165, 1.54) is 7.05 Å². The van der Waals surface area contributed by atoms with E-state index in [0.717, 1.165) is 21.3 Å². The summed E-state index contributed by atoms with van der Waals surface area (Å²) in [6.07, 6.45) is 0. The number of likely N-dealkylation sites (N-methyl/N-ethyl adjacent to an activating group) is 1. The molecule has 2 aromatic carbocycles. The summed E-state index contributed by atoms with van der Waals surface area (Å²) in [5.74, 6) is 0.623. The first kappa shape index (κ1) is 21.1. The minimum Gasteiger partial charge on any atom is -0.497 e. The maximum atomic E-state index is 12.7. The number of rotatable bonds is 6. The van der Waals surface area contributed by atoms with Gasteiger partial charge in [0.05, 0.1) is 18.6 Å². The molecule has 0 spiro atoms. The molecule has 0 radical (unpaired) electrons. The molecule has 29 heavy (non-hydrogen) atoms. The zero-order valence-corrected chi connectivity index (χ0v) is 17.9. The van der Waals surface area contributed by atoms with Gasteiger partial charge in [0.15, 0.2) is 0 Å². The highest BCUT2D eigenvalue weighted by Gasteiger charge is 2.27. The van der Waals surface area contributed by atoms with Crippen LogP contribution in [-0.4, -0.2) is 70.4 Å². The van der Waals surface area contributed by atoms with Crippen LogP contribution in [0.3, 0.4) is 0 Å². The Labute approximate surface area is 172 Å². The lowest BCUT2D eigenvalue weighted by Gasteiger charge is -2.36. The Kier molecular flexibility index (Phi) is 6.44. The number of hydrogen-bond donors (Lipinski definition) is 0. The van der Waals surface area contributed by atoms with Gasteiger partial charge in [0.1, 0.15) is 5.75 Å². The molecule has 8 heteroatoms. The number of methoxy groups -OCH3 is 1. The van der Waals surface area contributed by atoms with Crippen molar-refractivity contribution in [1.29, 1.82) is 0 Å². The molecule has 156 valence electrons. The minimum absolute atomic E-state index is 0.168. The van der Waals surface area contributed by atoms with E-state index in [9.17, 15) is 13.2 Å². The molecule has 0 aromatic heterocycles. The van der Waals surface area contributed by atoms with Crippen molar-refractivity contribution in [2.24, 2.45) is 0 Å². The molecular formula is C21H27N3O4S. The standard InChI is InChI=1S/C21H27N3O4S/c1-17-4-10-20(11-5-17)29(26,27)22(2)16-21(25)24-14-12-23(13-15-24)18-6-8-19(28-3)9-7-18/h4-11H,12-16H2,1-3H3. The zero-order valence-electron chi connectivity index (χ0n) is 17.0. The molecule has 0 saturated carbocycles. The molecule has 0 N–H and O–H groups in total. The molecule has 2 aromatic rings. The molecule has 1 amide bonds. The average Bonchev–Trinajstić information content (AvgIpc) is 2.74. The molecular weight excluding hydrogens is 390 g/mol. The number of anilines is 1. The number of carbonyl (C=O) groups is 1. The molecule has 0 atom stereocenters. The number of nitrogens with zero attached hydrogens (tertiary/aromatic N) is 3. The summed E-state index contributed by atoms with van der Waals surface area (Å²) in [5.41, 5.74) is 2.06. The van der Waals surface area contributed by atoms with Gasteiger partial charge >= 0.3 is 0 Å². The lowest BCUT2D eigenvalue weighted by molar-refractivity contribution is -0.131. The van der Waals surface area contributed by atoms with Gasteiger partial charge in [-0.25, -0.2) is 8.42 Å². The van der Waals surface area contributed by atoms with Crippen LogP contribution in [0.5, 0.6) is 5.75 Å². The second-order valence-electron chi connectivity index (χ2n) is 7.14. The summed E-state index contributed by atoms with van der Waals surface area (Å²) in [6.45, 7) is 4.25. The summed E-state index contributed by atoms with van der Waals surface area (Å²) < 4.78 is 31.7. The lowest BCUT2D eigenvalue weighted by atomic mass is 10.2. The predicted molar refractivity (Wildman–Crippen MR) is 113 cm³/mol. The van der Waals surface area contributed by atoms with Gasteiger partial charge in [0.25, 0.3) is 0 Å². The van der Waals surface area contributed by atoms with Crippen LogP contribution in [-0.2, 0) is 14.8 Å². The molecule has 0 bridgehead atoms. The molecule has 3 rings (SSSR count). The number of piperazine rings is 1. The molecule has 1 fully saturated rings. The molecule has 0 unspecified atom stereocenters. The van der Waals surface area contributed by atoms with Crippen molar-refractivity contribution in [2.75, 3.05) is 51.8 Å².